The van der Waals surface area contributed by atoms with Crippen LogP contribution in [0.5, 0.6) is 11.5 Å². The number of rotatable bonds is 10. The van der Waals surface area contributed by atoms with Crippen molar-refractivity contribution in [1.82, 2.24) is 10.2 Å². The molecular weight excluding hydrogens is 489 g/mol. The molecule has 2 aromatic rings. The number of amidine groups is 1. The summed E-state index contributed by atoms with van der Waals surface area (Å²) in [6.07, 6.45) is 0. The van der Waals surface area contributed by atoms with E-state index < -0.39 is 17.3 Å². The van der Waals surface area contributed by atoms with Gasteiger partial charge in [0.25, 0.3) is 5.91 Å². The number of carbonyl (C=O) groups excluding carboxylic acids is 2. The average Bonchev–Trinajstić information content (AvgIpc) is 3.04. The minimum Gasteiger partial charge on any atom is -0.490 e. The van der Waals surface area contributed by atoms with Crippen LogP contribution in [0.15, 0.2) is 24.3 Å². The van der Waals surface area contributed by atoms with Gasteiger partial charge in [0.05, 0.1) is 37.5 Å². The molecule has 0 aliphatic carbocycles. The highest BCUT2D eigenvalue weighted by molar-refractivity contribution is 6.07. The minimum absolute atomic E-state index is 0.0433. The number of nitrogens with zero attached hydrogens (tertiary/aromatic N) is 1. The van der Waals surface area contributed by atoms with E-state index >= 15 is 4.39 Å². The predicted octanol–water partition coefficient (Wildman–Crippen LogP) is 4.40. The van der Waals surface area contributed by atoms with Gasteiger partial charge in [-0.25, -0.2) is 4.39 Å². The highest BCUT2D eigenvalue weighted by Crippen LogP contribution is 2.46. The van der Waals surface area contributed by atoms with E-state index in [1.807, 2.05) is 34.6 Å². The lowest BCUT2D eigenvalue weighted by molar-refractivity contribution is 0.0920. The van der Waals surface area contributed by atoms with Gasteiger partial charge in [-0.1, -0.05) is 20.8 Å². The lowest BCUT2D eigenvalue weighted by atomic mass is 9.84. The SMILES string of the molecule is CCOc1cc2c(c(F)c1OCC)C(=N)N(CC(=O)c1cc(C(=O)NCCO)cc(C(C)(C)C)c1)C2(C)C. The Morgan fingerprint density at radius 3 is 2.29 bits per heavy atom. The molecule has 1 aliphatic heterocycles. The van der Waals surface area contributed by atoms with Gasteiger partial charge in [0.2, 0.25) is 0 Å². The maximum Gasteiger partial charge on any atom is 0.251 e. The molecule has 0 fully saturated rings. The van der Waals surface area contributed by atoms with Crippen molar-refractivity contribution >= 4 is 17.5 Å². The summed E-state index contributed by atoms with van der Waals surface area (Å²) in [7, 11) is 0. The first-order chi connectivity index (χ1) is 17.8. The number of fused-ring (bicyclic) bond motifs is 1. The molecule has 0 spiro atoms. The van der Waals surface area contributed by atoms with E-state index in [1.165, 1.54) is 6.07 Å². The molecular formula is C29H38FN3O5. The van der Waals surface area contributed by atoms with E-state index in [9.17, 15) is 9.59 Å². The summed E-state index contributed by atoms with van der Waals surface area (Å²) >= 11 is 0. The number of hydrogen-bond acceptors (Lipinski definition) is 6. The van der Waals surface area contributed by atoms with Crippen molar-refractivity contribution in [3.05, 3.63) is 57.9 Å². The lowest BCUT2D eigenvalue weighted by Gasteiger charge is -2.33. The zero-order valence-corrected chi connectivity index (χ0v) is 23.3. The second-order valence-electron chi connectivity index (χ2n) is 10.8. The number of Topliss-reactive ketones (excluding diaryl/α,β-unsaturated/α-hetero) is 1. The van der Waals surface area contributed by atoms with E-state index in [0.29, 0.717) is 23.3 Å². The molecule has 206 valence electrons. The number of ether oxygens (including phenoxy) is 2. The molecule has 0 unspecified atom stereocenters. The van der Waals surface area contributed by atoms with Crippen LogP contribution in [-0.2, 0) is 11.0 Å². The predicted molar refractivity (Wildman–Crippen MR) is 144 cm³/mol. The number of amides is 1. The van der Waals surface area contributed by atoms with Crippen molar-refractivity contribution in [2.45, 2.75) is 59.4 Å². The molecule has 38 heavy (non-hydrogen) atoms. The van der Waals surface area contributed by atoms with Gasteiger partial charge in [0.15, 0.2) is 23.1 Å². The third-order valence-corrected chi connectivity index (χ3v) is 6.70. The van der Waals surface area contributed by atoms with Crippen LogP contribution >= 0.6 is 0 Å². The van der Waals surface area contributed by atoms with E-state index in [0.717, 1.165) is 5.56 Å². The largest absolute Gasteiger partial charge is 0.490 e. The first kappa shape index (κ1) is 29.1. The highest BCUT2D eigenvalue weighted by Gasteiger charge is 2.45. The summed E-state index contributed by atoms with van der Waals surface area (Å²) in [6.45, 7) is 13.4. The maximum absolute atomic E-state index is 15.7. The lowest BCUT2D eigenvalue weighted by Crippen LogP contribution is -2.42. The van der Waals surface area contributed by atoms with Crippen LogP contribution in [0.1, 0.15) is 85.9 Å². The van der Waals surface area contributed by atoms with Crippen molar-refractivity contribution in [1.29, 1.82) is 5.41 Å². The van der Waals surface area contributed by atoms with Crippen LogP contribution in [0, 0.1) is 11.2 Å². The second-order valence-corrected chi connectivity index (χ2v) is 10.8. The van der Waals surface area contributed by atoms with E-state index in [-0.39, 0.29) is 60.4 Å². The summed E-state index contributed by atoms with van der Waals surface area (Å²) in [6, 6.07) is 6.70. The Bertz CT molecular complexity index is 1250. The van der Waals surface area contributed by atoms with Gasteiger partial charge in [-0.2, -0.15) is 0 Å². The number of hydrogen-bond donors (Lipinski definition) is 3. The number of halogens is 1. The van der Waals surface area contributed by atoms with Gasteiger partial charge in [-0.15, -0.1) is 0 Å². The first-order valence-electron chi connectivity index (χ1n) is 12.8. The van der Waals surface area contributed by atoms with Gasteiger partial charge in [-0.05, 0) is 68.5 Å². The fourth-order valence-corrected chi connectivity index (χ4v) is 4.56. The first-order valence-corrected chi connectivity index (χ1v) is 12.8. The Hall–Kier alpha value is -3.46. The molecule has 0 saturated heterocycles. The molecule has 1 heterocycles. The zero-order valence-electron chi connectivity index (χ0n) is 23.3. The van der Waals surface area contributed by atoms with Crippen molar-refractivity contribution in [3.8, 4) is 11.5 Å². The minimum atomic E-state index is -0.886. The van der Waals surface area contributed by atoms with Crippen LogP contribution in [0.25, 0.3) is 0 Å². The smallest absolute Gasteiger partial charge is 0.251 e. The third kappa shape index (κ3) is 5.53. The second kappa shape index (κ2) is 11.1. The summed E-state index contributed by atoms with van der Waals surface area (Å²) in [5.74, 6) is -1.29. The molecule has 0 aromatic heterocycles. The molecule has 0 radical (unpaired) electrons. The summed E-state index contributed by atoms with van der Waals surface area (Å²) in [4.78, 5) is 27.9. The molecule has 1 amide bonds. The Morgan fingerprint density at radius 2 is 1.71 bits per heavy atom. The molecule has 8 nitrogen and oxygen atoms in total. The van der Waals surface area contributed by atoms with Crippen molar-refractivity contribution in [2.24, 2.45) is 0 Å². The van der Waals surface area contributed by atoms with Crippen LogP contribution in [0.2, 0.25) is 0 Å². The fourth-order valence-electron chi connectivity index (χ4n) is 4.56. The number of carbonyl (C=O) groups is 2. The zero-order chi connectivity index (χ0) is 28.4. The Balaban J connectivity index is 2.02. The van der Waals surface area contributed by atoms with Gasteiger partial charge in [0, 0.05) is 17.7 Å². The topological polar surface area (TPSA) is 112 Å². The van der Waals surface area contributed by atoms with Gasteiger partial charge in [0.1, 0.15) is 5.84 Å². The monoisotopic (exact) mass is 527 g/mol. The third-order valence-electron chi connectivity index (χ3n) is 6.70. The van der Waals surface area contributed by atoms with E-state index in [4.69, 9.17) is 20.0 Å². The molecule has 3 N–H and O–H groups in total. The van der Waals surface area contributed by atoms with Crippen LogP contribution in [-0.4, -0.2) is 60.4 Å². The summed E-state index contributed by atoms with van der Waals surface area (Å²) in [5, 5.41) is 20.5. The summed E-state index contributed by atoms with van der Waals surface area (Å²) in [5.41, 5.74) is 0.813. The van der Waals surface area contributed by atoms with Gasteiger partial charge in [-0.3, -0.25) is 15.0 Å². The Kier molecular flexibility index (Phi) is 8.51. The van der Waals surface area contributed by atoms with Gasteiger partial charge >= 0.3 is 0 Å². The van der Waals surface area contributed by atoms with E-state index in [1.54, 1.807) is 36.9 Å². The van der Waals surface area contributed by atoms with Crippen molar-refractivity contribution in [2.75, 3.05) is 32.9 Å². The fraction of sp³-hybridized carbons (Fsp3) is 0.483. The number of nitrogens with one attached hydrogen (secondary N) is 2. The molecule has 9 heteroatoms. The maximum atomic E-state index is 15.7. The normalized spacial score (nSPS) is 14.3. The average molecular weight is 528 g/mol. The molecule has 3 rings (SSSR count). The molecule has 0 atom stereocenters. The summed E-state index contributed by atoms with van der Waals surface area (Å²) < 4.78 is 26.8. The van der Waals surface area contributed by atoms with Crippen LogP contribution in [0.4, 0.5) is 4.39 Å². The van der Waals surface area contributed by atoms with E-state index in [2.05, 4.69) is 5.32 Å². The van der Waals surface area contributed by atoms with Crippen LogP contribution < -0.4 is 14.8 Å². The van der Waals surface area contributed by atoms with Crippen molar-refractivity contribution < 1.29 is 28.6 Å². The molecule has 0 bridgehead atoms. The number of ketones is 1. The number of benzene rings is 2. The Labute approximate surface area is 223 Å². The highest BCUT2D eigenvalue weighted by atomic mass is 19.1. The molecule has 1 aliphatic rings. The Morgan fingerprint density at radius 1 is 1.08 bits per heavy atom. The van der Waals surface area contributed by atoms with Crippen LogP contribution in [0.3, 0.4) is 0 Å². The van der Waals surface area contributed by atoms with Gasteiger partial charge < -0.3 is 24.8 Å². The standard InChI is InChI=1S/C29H38FN3O5/c1-8-37-22-15-20-23(24(30)25(22)38-9-2)26(31)33(29(20,6)7)16-21(35)17-12-18(27(36)32-10-11-34)14-19(13-17)28(3,4)5/h12-15,31,34H,8-11,16H2,1-7H3,(H,32,36). The molecule has 2 aromatic carbocycles. The number of aliphatic hydroxyl groups is 1. The number of aliphatic hydroxyl groups excluding tert-OH is 1. The molecule has 0 saturated carbocycles. The quantitative estimate of drug-likeness (QED) is 0.395. The van der Waals surface area contributed by atoms with Crippen molar-refractivity contribution in [3.63, 3.8) is 0 Å².